The quantitative estimate of drug-likeness (QED) is 0.425. The Kier molecular flexibility index (Phi) is 4.88. The lowest BCUT2D eigenvalue weighted by molar-refractivity contribution is -0.134. The van der Waals surface area contributed by atoms with Gasteiger partial charge < -0.3 is 4.74 Å². The predicted molar refractivity (Wildman–Crippen MR) is 36.1 cm³/mol. The number of hydrogen-bond donors (Lipinski definition) is 0. The minimum atomic E-state index is -0.275. The summed E-state index contributed by atoms with van der Waals surface area (Å²) in [7, 11) is 1.37. The third-order valence-electron chi connectivity index (χ3n) is 0.910. The molecule has 2 heteroatoms. The van der Waals surface area contributed by atoms with Gasteiger partial charge in [-0.2, -0.15) is 0 Å². The molecule has 0 aromatic heterocycles. The van der Waals surface area contributed by atoms with Gasteiger partial charge in [-0.05, 0) is 6.42 Å². The molecule has 0 atom stereocenters. The summed E-state index contributed by atoms with van der Waals surface area (Å²) in [5.41, 5.74) is 0. The fraction of sp³-hybridized carbons (Fsp3) is 0.571. The topological polar surface area (TPSA) is 26.3 Å². The van der Waals surface area contributed by atoms with Crippen molar-refractivity contribution in [3.05, 3.63) is 12.2 Å². The molecular weight excluding hydrogens is 116 g/mol. The molecule has 0 aliphatic carbocycles. The van der Waals surface area contributed by atoms with Crippen LogP contribution >= 0.6 is 0 Å². The number of unbranched alkanes of at least 4 members (excludes halogenated alkanes) is 1. The number of carbonyl (C=O) groups excluding carboxylic acids is 1. The molecule has 0 unspecified atom stereocenters. The van der Waals surface area contributed by atoms with Crippen molar-refractivity contribution in [2.75, 3.05) is 7.11 Å². The Labute approximate surface area is 55.5 Å². The highest BCUT2D eigenvalue weighted by Gasteiger charge is 1.86. The van der Waals surface area contributed by atoms with E-state index in [2.05, 4.69) is 11.7 Å². The molecule has 0 N–H and O–H groups in total. The van der Waals surface area contributed by atoms with E-state index in [1.54, 1.807) is 0 Å². The van der Waals surface area contributed by atoms with E-state index in [-0.39, 0.29) is 5.97 Å². The third kappa shape index (κ3) is 5.07. The largest absolute Gasteiger partial charge is 0.466 e. The van der Waals surface area contributed by atoms with Gasteiger partial charge in [0.2, 0.25) is 0 Å². The van der Waals surface area contributed by atoms with Gasteiger partial charge in [-0.1, -0.05) is 19.4 Å². The van der Waals surface area contributed by atoms with Crippen molar-refractivity contribution in [3.8, 4) is 0 Å². The molecule has 2 nitrogen and oxygen atoms in total. The fourth-order valence-electron chi connectivity index (χ4n) is 0.414. The normalized spacial score (nSPS) is 10.0. The number of esters is 1. The van der Waals surface area contributed by atoms with E-state index in [0.717, 1.165) is 12.8 Å². The van der Waals surface area contributed by atoms with Crippen LogP contribution in [0.4, 0.5) is 0 Å². The van der Waals surface area contributed by atoms with Crippen LogP contribution in [0.25, 0.3) is 0 Å². The molecule has 0 saturated carbocycles. The molecule has 0 aromatic carbocycles. The maximum Gasteiger partial charge on any atom is 0.330 e. The lowest BCUT2D eigenvalue weighted by atomic mass is 10.3. The predicted octanol–water partition coefficient (Wildman–Crippen LogP) is 1.52. The molecule has 0 radical (unpaired) electrons. The second-order valence-electron chi connectivity index (χ2n) is 1.71. The van der Waals surface area contributed by atoms with E-state index in [9.17, 15) is 4.79 Å². The summed E-state index contributed by atoms with van der Waals surface area (Å²) in [6.45, 7) is 2.06. The van der Waals surface area contributed by atoms with E-state index in [1.165, 1.54) is 13.2 Å². The molecule has 0 bridgehead atoms. The van der Waals surface area contributed by atoms with Crippen molar-refractivity contribution in [2.45, 2.75) is 19.8 Å². The zero-order valence-corrected chi connectivity index (χ0v) is 5.89. The Morgan fingerprint density at radius 1 is 1.67 bits per heavy atom. The molecule has 9 heavy (non-hydrogen) atoms. The molecular formula is C7H12O2. The van der Waals surface area contributed by atoms with Gasteiger partial charge in [0.15, 0.2) is 0 Å². The average Bonchev–Trinajstić information content (AvgIpc) is 1.89. The van der Waals surface area contributed by atoms with E-state index in [0.29, 0.717) is 0 Å². The first kappa shape index (κ1) is 8.21. The first-order valence-corrected chi connectivity index (χ1v) is 3.05. The van der Waals surface area contributed by atoms with Gasteiger partial charge in [0.25, 0.3) is 0 Å². The summed E-state index contributed by atoms with van der Waals surface area (Å²) in [4.78, 5) is 10.4. The van der Waals surface area contributed by atoms with Gasteiger partial charge in [-0.25, -0.2) is 4.79 Å². The summed E-state index contributed by atoms with van der Waals surface area (Å²) in [6.07, 6.45) is 5.26. The highest BCUT2D eigenvalue weighted by molar-refractivity contribution is 5.81. The summed E-state index contributed by atoms with van der Waals surface area (Å²) >= 11 is 0. The van der Waals surface area contributed by atoms with Crippen LogP contribution in [0.1, 0.15) is 19.8 Å². The fourth-order valence-corrected chi connectivity index (χ4v) is 0.414. The van der Waals surface area contributed by atoms with Crippen LogP contribution in [0.2, 0.25) is 0 Å². The van der Waals surface area contributed by atoms with Gasteiger partial charge in [0.05, 0.1) is 7.11 Å². The number of allylic oxidation sites excluding steroid dienone is 1. The Morgan fingerprint density at radius 2 is 2.33 bits per heavy atom. The SMILES string of the molecule is CCCC=CC(=O)OC. The summed E-state index contributed by atoms with van der Waals surface area (Å²) in [5, 5.41) is 0. The first-order chi connectivity index (χ1) is 4.31. The number of rotatable bonds is 3. The summed E-state index contributed by atoms with van der Waals surface area (Å²) < 4.78 is 4.37. The Morgan fingerprint density at radius 3 is 2.78 bits per heavy atom. The highest BCUT2D eigenvalue weighted by Crippen LogP contribution is 1.88. The van der Waals surface area contributed by atoms with Crippen molar-refractivity contribution in [1.29, 1.82) is 0 Å². The molecule has 0 heterocycles. The molecule has 0 aromatic rings. The molecule has 0 fully saturated rings. The monoisotopic (exact) mass is 128 g/mol. The summed E-state index contributed by atoms with van der Waals surface area (Å²) in [5.74, 6) is -0.275. The van der Waals surface area contributed by atoms with Crippen LogP contribution in [0.15, 0.2) is 12.2 Å². The number of hydrogen-bond acceptors (Lipinski definition) is 2. The van der Waals surface area contributed by atoms with Crippen molar-refractivity contribution in [3.63, 3.8) is 0 Å². The molecule has 0 aliphatic rings. The standard InChI is InChI=1S/C7H12O2/c1-3-4-5-6-7(8)9-2/h5-6H,3-4H2,1-2H3. The molecule has 52 valence electrons. The summed E-state index contributed by atoms with van der Waals surface area (Å²) in [6, 6.07) is 0. The van der Waals surface area contributed by atoms with Crippen LogP contribution in [-0.2, 0) is 9.53 Å². The lowest BCUT2D eigenvalue weighted by Gasteiger charge is -1.87. The van der Waals surface area contributed by atoms with Crippen molar-refractivity contribution >= 4 is 5.97 Å². The van der Waals surface area contributed by atoms with Gasteiger partial charge in [-0.15, -0.1) is 0 Å². The zero-order valence-electron chi connectivity index (χ0n) is 5.89. The van der Waals surface area contributed by atoms with Crippen LogP contribution in [0.5, 0.6) is 0 Å². The van der Waals surface area contributed by atoms with Gasteiger partial charge >= 0.3 is 5.97 Å². The minimum absolute atomic E-state index is 0.275. The molecule has 0 spiro atoms. The molecule has 0 saturated heterocycles. The lowest BCUT2D eigenvalue weighted by Crippen LogP contribution is -1.92. The van der Waals surface area contributed by atoms with Crippen LogP contribution in [-0.4, -0.2) is 13.1 Å². The van der Waals surface area contributed by atoms with Crippen LogP contribution in [0.3, 0.4) is 0 Å². The minimum Gasteiger partial charge on any atom is -0.466 e. The average molecular weight is 128 g/mol. The second-order valence-corrected chi connectivity index (χ2v) is 1.71. The van der Waals surface area contributed by atoms with E-state index in [4.69, 9.17) is 0 Å². The van der Waals surface area contributed by atoms with E-state index < -0.39 is 0 Å². The molecule has 0 amide bonds. The van der Waals surface area contributed by atoms with Crippen molar-refractivity contribution in [2.24, 2.45) is 0 Å². The van der Waals surface area contributed by atoms with Crippen molar-refractivity contribution < 1.29 is 9.53 Å². The first-order valence-electron chi connectivity index (χ1n) is 3.05. The zero-order chi connectivity index (χ0) is 7.11. The maximum atomic E-state index is 10.4. The molecule has 0 aliphatic heterocycles. The van der Waals surface area contributed by atoms with Crippen molar-refractivity contribution in [1.82, 2.24) is 0 Å². The smallest absolute Gasteiger partial charge is 0.330 e. The number of carbonyl (C=O) groups is 1. The van der Waals surface area contributed by atoms with Crippen LogP contribution < -0.4 is 0 Å². The highest BCUT2D eigenvalue weighted by atomic mass is 16.5. The Hall–Kier alpha value is -0.790. The van der Waals surface area contributed by atoms with Crippen LogP contribution in [0, 0.1) is 0 Å². The van der Waals surface area contributed by atoms with E-state index in [1.807, 2.05) is 6.08 Å². The van der Waals surface area contributed by atoms with Gasteiger partial charge in [0, 0.05) is 6.08 Å². The number of ether oxygens (including phenoxy) is 1. The Balaban J connectivity index is 3.32. The van der Waals surface area contributed by atoms with Gasteiger partial charge in [-0.3, -0.25) is 0 Å². The second kappa shape index (κ2) is 5.35. The third-order valence-corrected chi connectivity index (χ3v) is 0.910. The molecule has 0 rings (SSSR count). The Bertz CT molecular complexity index is 105. The maximum absolute atomic E-state index is 10.4. The van der Waals surface area contributed by atoms with Gasteiger partial charge in [0.1, 0.15) is 0 Å². The van der Waals surface area contributed by atoms with E-state index >= 15 is 0 Å². The number of methoxy groups -OCH3 is 1.